The first-order valence-corrected chi connectivity index (χ1v) is 9.57. The molecule has 0 aliphatic carbocycles. The Labute approximate surface area is 171 Å². The van der Waals surface area contributed by atoms with E-state index >= 15 is 0 Å². The summed E-state index contributed by atoms with van der Waals surface area (Å²) in [6.07, 6.45) is 0.477. The Hall–Kier alpha value is -3.52. The van der Waals surface area contributed by atoms with Crippen molar-refractivity contribution in [2.45, 2.75) is 6.10 Å². The van der Waals surface area contributed by atoms with E-state index in [2.05, 4.69) is 22.2 Å². The first-order valence-electron chi connectivity index (χ1n) is 8.69. The van der Waals surface area contributed by atoms with Gasteiger partial charge < -0.3 is 15.4 Å². The number of anilines is 2. The standard InChI is InChI=1S/C21H18FN3O3S/c1-2-12-23-21-25-17(13-29-21)20(27)28-18(14-6-4-3-5-7-14)19(26)24-16-10-8-15(22)9-11-16/h2-11,13,18H,1,12H2,(H,23,25)(H,24,26)/t18-/m1/s1. The van der Waals surface area contributed by atoms with Gasteiger partial charge >= 0.3 is 5.97 Å². The fourth-order valence-electron chi connectivity index (χ4n) is 2.42. The number of benzene rings is 2. The molecule has 0 aliphatic heterocycles. The first-order chi connectivity index (χ1) is 14.1. The van der Waals surface area contributed by atoms with Crippen LogP contribution in [0, 0.1) is 5.82 Å². The molecule has 1 heterocycles. The van der Waals surface area contributed by atoms with Gasteiger partial charge in [-0.3, -0.25) is 4.79 Å². The molecule has 2 N–H and O–H groups in total. The molecule has 0 fully saturated rings. The zero-order valence-corrected chi connectivity index (χ0v) is 16.1. The molecule has 0 unspecified atom stereocenters. The highest BCUT2D eigenvalue weighted by Gasteiger charge is 2.27. The van der Waals surface area contributed by atoms with Crippen LogP contribution in [0.2, 0.25) is 0 Å². The second-order valence-corrected chi connectivity index (χ2v) is 6.76. The molecular weight excluding hydrogens is 393 g/mol. The molecule has 3 rings (SSSR count). The minimum Gasteiger partial charge on any atom is -0.443 e. The Morgan fingerprint density at radius 2 is 1.90 bits per heavy atom. The third-order valence-corrected chi connectivity index (χ3v) is 4.59. The van der Waals surface area contributed by atoms with Crippen LogP contribution in [0.4, 0.5) is 15.2 Å². The van der Waals surface area contributed by atoms with Gasteiger partial charge in [0, 0.05) is 23.2 Å². The molecule has 6 nitrogen and oxygen atoms in total. The number of thiazole rings is 1. The number of carbonyl (C=O) groups excluding carboxylic acids is 2. The predicted molar refractivity (Wildman–Crippen MR) is 110 cm³/mol. The number of amides is 1. The molecule has 2 aromatic carbocycles. The topological polar surface area (TPSA) is 80.3 Å². The molecule has 0 saturated carbocycles. The third-order valence-electron chi connectivity index (χ3n) is 3.79. The van der Waals surface area contributed by atoms with Crippen LogP contribution in [0.1, 0.15) is 22.2 Å². The van der Waals surface area contributed by atoms with Crippen molar-refractivity contribution in [2.24, 2.45) is 0 Å². The summed E-state index contributed by atoms with van der Waals surface area (Å²) in [6, 6.07) is 13.9. The Morgan fingerprint density at radius 3 is 2.59 bits per heavy atom. The Morgan fingerprint density at radius 1 is 1.17 bits per heavy atom. The van der Waals surface area contributed by atoms with E-state index in [9.17, 15) is 14.0 Å². The van der Waals surface area contributed by atoms with Crippen molar-refractivity contribution in [1.29, 1.82) is 0 Å². The number of nitrogens with one attached hydrogen (secondary N) is 2. The Balaban J connectivity index is 1.77. The molecule has 0 saturated heterocycles. The molecule has 29 heavy (non-hydrogen) atoms. The van der Waals surface area contributed by atoms with Gasteiger partial charge in [-0.15, -0.1) is 17.9 Å². The van der Waals surface area contributed by atoms with E-state index in [0.717, 1.165) is 0 Å². The second-order valence-electron chi connectivity index (χ2n) is 5.90. The van der Waals surface area contributed by atoms with Gasteiger partial charge in [-0.1, -0.05) is 36.4 Å². The van der Waals surface area contributed by atoms with Crippen LogP contribution in [0.25, 0.3) is 0 Å². The van der Waals surface area contributed by atoms with E-state index < -0.39 is 23.8 Å². The van der Waals surface area contributed by atoms with E-state index in [1.165, 1.54) is 35.6 Å². The van der Waals surface area contributed by atoms with Gasteiger partial charge in [0.05, 0.1) is 0 Å². The van der Waals surface area contributed by atoms with E-state index in [1.54, 1.807) is 41.8 Å². The summed E-state index contributed by atoms with van der Waals surface area (Å²) in [4.78, 5) is 29.5. The third kappa shape index (κ3) is 5.49. The second kappa shape index (κ2) is 9.61. The highest BCUT2D eigenvalue weighted by atomic mass is 32.1. The lowest BCUT2D eigenvalue weighted by Crippen LogP contribution is -2.26. The Bertz CT molecular complexity index is 990. The average Bonchev–Trinajstić information content (AvgIpc) is 3.21. The summed E-state index contributed by atoms with van der Waals surface area (Å²) in [5, 5.41) is 7.71. The van der Waals surface area contributed by atoms with Gasteiger partial charge in [0.2, 0.25) is 6.10 Å². The quantitative estimate of drug-likeness (QED) is 0.424. The van der Waals surface area contributed by atoms with Gasteiger partial charge in [-0.25, -0.2) is 14.2 Å². The van der Waals surface area contributed by atoms with Crippen LogP contribution in [0.5, 0.6) is 0 Å². The molecule has 1 aromatic heterocycles. The zero-order chi connectivity index (χ0) is 20.6. The molecule has 0 bridgehead atoms. The van der Waals surface area contributed by atoms with Gasteiger partial charge in [0.15, 0.2) is 10.8 Å². The number of nitrogens with zero attached hydrogens (tertiary/aromatic N) is 1. The summed E-state index contributed by atoms with van der Waals surface area (Å²) >= 11 is 1.25. The molecule has 0 aliphatic rings. The number of ether oxygens (including phenoxy) is 1. The monoisotopic (exact) mass is 411 g/mol. The summed E-state index contributed by atoms with van der Waals surface area (Å²) in [6.45, 7) is 4.12. The number of rotatable bonds is 8. The van der Waals surface area contributed by atoms with Crippen molar-refractivity contribution >= 4 is 34.0 Å². The van der Waals surface area contributed by atoms with E-state index in [0.29, 0.717) is 22.9 Å². The van der Waals surface area contributed by atoms with Gasteiger partial charge in [0.25, 0.3) is 5.91 Å². The maximum absolute atomic E-state index is 13.1. The molecule has 0 spiro atoms. The van der Waals surface area contributed by atoms with Gasteiger partial charge in [-0.05, 0) is 24.3 Å². The minimum atomic E-state index is -1.19. The number of hydrogen-bond donors (Lipinski definition) is 2. The molecule has 1 atom stereocenters. The van der Waals surface area contributed by atoms with E-state index in [4.69, 9.17) is 4.74 Å². The van der Waals surface area contributed by atoms with Crippen molar-refractivity contribution < 1.29 is 18.7 Å². The summed E-state index contributed by atoms with van der Waals surface area (Å²) in [5.41, 5.74) is 0.982. The number of carbonyl (C=O) groups is 2. The molecule has 3 aromatic rings. The summed E-state index contributed by atoms with van der Waals surface area (Å²) in [7, 11) is 0. The summed E-state index contributed by atoms with van der Waals surface area (Å²) in [5.74, 6) is -1.70. The SMILES string of the molecule is C=CCNc1nc(C(=O)O[C@@H](C(=O)Nc2ccc(F)cc2)c2ccccc2)cs1. The van der Waals surface area contributed by atoms with Gasteiger partial charge in [-0.2, -0.15) is 0 Å². The molecule has 1 amide bonds. The van der Waals surface area contributed by atoms with Crippen molar-refractivity contribution in [3.05, 3.63) is 89.7 Å². The zero-order valence-electron chi connectivity index (χ0n) is 15.3. The lowest BCUT2D eigenvalue weighted by molar-refractivity contribution is -0.125. The van der Waals surface area contributed by atoms with Crippen LogP contribution >= 0.6 is 11.3 Å². The van der Waals surface area contributed by atoms with Crippen molar-refractivity contribution in [3.63, 3.8) is 0 Å². The minimum absolute atomic E-state index is 0.0945. The fraction of sp³-hybridized carbons (Fsp3) is 0.0952. The summed E-state index contributed by atoms with van der Waals surface area (Å²) < 4.78 is 18.6. The largest absolute Gasteiger partial charge is 0.443 e. The van der Waals surface area contributed by atoms with Crippen molar-refractivity contribution in [3.8, 4) is 0 Å². The van der Waals surface area contributed by atoms with Crippen LogP contribution < -0.4 is 10.6 Å². The number of hydrogen-bond acceptors (Lipinski definition) is 6. The number of halogens is 1. The maximum atomic E-state index is 13.1. The van der Waals surface area contributed by atoms with Crippen LogP contribution in [0.3, 0.4) is 0 Å². The highest BCUT2D eigenvalue weighted by Crippen LogP contribution is 2.23. The predicted octanol–water partition coefficient (Wildman–Crippen LogP) is 4.42. The molecule has 148 valence electrons. The lowest BCUT2D eigenvalue weighted by Gasteiger charge is -2.17. The first kappa shape index (κ1) is 20.2. The average molecular weight is 411 g/mol. The smallest absolute Gasteiger partial charge is 0.359 e. The number of esters is 1. The van der Waals surface area contributed by atoms with Crippen molar-refractivity contribution in [1.82, 2.24) is 4.98 Å². The number of aromatic nitrogens is 1. The molecule has 8 heteroatoms. The maximum Gasteiger partial charge on any atom is 0.359 e. The normalized spacial score (nSPS) is 11.3. The van der Waals surface area contributed by atoms with Crippen LogP contribution in [-0.4, -0.2) is 23.4 Å². The fourth-order valence-corrected chi connectivity index (χ4v) is 3.11. The highest BCUT2D eigenvalue weighted by molar-refractivity contribution is 7.13. The lowest BCUT2D eigenvalue weighted by atomic mass is 10.1. The van der Waals surface area contributed by atoms with E-state index in [-0.39, 0.29) is 5.69 Å². The molecule has 0 radical (unpaired) electrons. The van der Waals surface area contributed by atoms with Crippen molar-refractivity contribution in [2.75, 3.05) is 17.2 Å². The van der Waals surface area contributed by atoms with Crippen LogP contribution in [0.15, 0.2) is 72.6 Å². The van der Waals surface area contributed by atoms with E-state index in [1.807, 2.05) is 0 Å². The Kier molecular flexibility index (Phi) is 6.70. The van der Waals surface area contributed by atoms with Crippen LogP contribution in [-0.2, 0) is 9.53 Å². The van der Waals surface area contributed by atoms with Gasteiger partial charge in [0.1, 0.15) is 5.82 Å². The molecular formula is C21H18FN3O3S.